The maximum absolute atomic E-state index is 12.8. The van der Waals surface area contributed by atoms with Crippen molar-refractivity contribution in [2.45, 2.75) is 52.2 Å². The lowest BCUT2D eigenvalue weighted by Gasteiger charge is -2.38. The van der Waals surface area contributed by atoms with Crippen molar-refractivity contribution >= 4 is 23.6 Å². The largest absolute Gasteiger partial charge is 0.444 e. The van der Waals surface area contributed by atoms with Crippen molar-refractivity contribution in [3.8, 4) is 0 Å². The number of halogens is 1. The predicted molar refractivity (Wildman–Crippen MR) is 125 cm³/mol. The number of hydrogen-bond donors (Lipinski definition) is 0. The number of carbonyl (C=O) groups excluding carboxylic acids is 2. The second kappa shape index (κ2) is 10.3. The Morgan fingerprint density at radius 3 is 2.34 bits per heavy atom. The van der Waals surface area contributed by atoms with Crippen LogP contribution in [-0.2, 0) is 9.53 Å². The molecule has 1 atom stereocenters. The molecule has 1 aromatic heterocycles. The highest BCUT2D eigenvalue weighted by Crippen LogP contribution is 2.31. The summed E-state index contributed by atoms with van der Waals surface area (Å²) in [6, 6.07) is 13.0. The van der Waals surface area contributed by atoms with E-state index in [1.165, 1.54) is 0 Å². The van der Waals surface area contributed by atoms with Gasteiger partial charge in [-0.2, -0.15) is 0 Å². The van der Waals surface area contributed by atoms with E-state index in [0.29, 0.717) is 24.7 Å². The number of pyridine rings is 1. The molecule has 32 heavy (non-hydrogen) atoms. The number of benzene rings is 1. The molecule has 0 saturated carbocycles. The maximum atomic E-state index is 12.8. The molecule has 2 aromatic rings. The van der Waals surface area contributed by atoms with Crippen molar-refractivity contribution in [1.82, 2.24) is 14.8 Å². The number of nitrogens with zero attached hydrogens (tertiary/aromatic N) is 3. The second-order valence-corrected chi connectivity index (χ2v) is 9.73. The summed E-state index contributed by atoms with van der Waals surface area (Å²) in [6.07, 6.45) is 3.11. The van der Waals surface area contributed by atoms with Gasteiger partial charge in [-0.25, -0.2) is 4.79 Å². The monoisotopic (exact) mass is 457 g/mol. The van der Waals surface area contributed by atoms with Crippen molar-refractivity contribution in [2.24, 2.45) is 5.92 Å². The minimum atomic E-state index is -0.506. The van der Waals surface area contributed by atoms with Crippen LogP contribution in [0.4, 0.5) is 4.79 Å². The summed E-state index contributed by atoms with van der Waals surface area (Å²) < 4.78 is 5.50. The van der Waals surface area contributed by atoms with Crippen molar-refractivity contribution in [1.29, 1.82) is 0 Å². The van der Waals surface area contributed by atoms with Crippen LogP contribution in [-0.4, -0.2) is 52.0 Å². The van der Waals surface area contributed by atoms with Crippen LogP contribution in [0.25, 0.3) is 0 Å². The summed E-state index contributed by atoms with van der Waals surface area (Å²) in [5, 5.41) is 0.650. The van der Waals surface area contributed by atoms with E-state index >= 15 is 0 Å². The fourth-order valence-electron chi connectivity index (χ4n) is 4.01. The number of aromatic nitrogens is 1. The zero-order valence-corrected chi connectivity index (χ0v) is 20.0. The highest BCUT2D eigenvalue weighted by atomic mass is 35.5. The number of piperidine rings is 1. The lowest BCUT2D eigenvalue weighted by molar-refractivity contribution is -0.131. The quantitative estimate of drug-likeness (QED) is 0.609. The molecule has 172 valence electrons. The smallest absolute Gasteiger partial charge is 0.410 e. The molecule has 0 spiro atoms. The molecule has 2 heterocycles. The molecule has 0 bridgehead atoms. The van der Waals surface area contributed by atoms with Gasteiger partial charge in [-0.15, -0.1) is 0 Å². The summed E-state index contributed by atoms with van der Waals surface area (Å²) in [7, 11) is 0. The molecule has 0 radical (unpaired) electrons. The number of amides is 2. The number of hydrogen-bond acceptors (Lipinski definition) is 4. The van der Waals surface area contributed by atoms with Crippen LogP contribution < -0.4 is 0 Å². The van der Waals surface area contributed by atoms with E-state index in [1.54, 1.807) is 18.0 Å². The van der Waals surface area contributed by atoms with Gasteiger partial charge in [0.2, 0.25) is 5.91 Å². The number of ether oxygens (including phenoxy) is 1. The first-order valence-electron chi connectivity index (χ1n) is 11.1. The predicted octanol–water partition coefficient (Wildman–Crippen LogP) is 5.32. The minimum absolute atomic E-state index is 0.00910. The molecule has 1 unspecified atom stereocenters. The number of likely N-dealkylation sites (tertiary alicyclic amines) is 1. The minimum Gasteiger partial charge on any atom is -0.444 e. The average molecular weight is 458 g/mol. The highest BCUT2D eigenvalue weighted by Gasteiger charge is 2.31. The Balaban J connectivity index is 1.75. The summed E-state index contributed by atoms with van der Waals surface area (Å²) >= 11 is 6.10. The third-order valence-corrected chi connectivity index (χ3v) is 5.84. The first-order chi connectivity index (χ1) is 15.1. The normalized spacial score (nSPS) is 15.8. The van der Waals surface area contributed by atoms with Gasteiger partial charge in [-0.3, -0.25) is 9.78 Å². The van der Waals surface area contributed by atoms with Crippen LogP contribution in [0.2, 0.25) is 5.02 Å². The van der Waals surface area contributed by atoms with Crippen LogP contribution in [0.1, 0.15) is 57.8 Å². The maximum Gasteiger partial charge on any atom is 0.410 e. The molecule has 7 heteroatoms. The van der Waals surface area contributed by atoms with Gasteiger partial charge in [0.25, 0.3) is 0 Å². The number of rotatable bonds is 5. The van der Waals surface area contributed by atoms with E-state index in [4.69, 9.17) is 16.3 Å². The van der Waals surface area contributed by atoms with E-state index < -0.39 is 5.60 Å². The Labute approximate surface area is 195 Å². The van der Waals surface area contributed by atoms with E-state index in [1.807, 2.05) is 68.1 Å². The van der Waals surface area contributed by atoms with Gasteiger partial charge in [0, 0.05) is 37.8 Å². The lowest BCUT2D eigenvalue weighted by atomic mass is 9.93. The van der Waals surface area contributed by atoms with E-state index in [0.717, 1.165) is 24.1 Å². The molecule has 0 N–H and O–H groups in total. The van der Waals surface area contributed by atoms with Gasteiger partial charge in [0.1, 0.15) is 5.60 Å². The van der Waals surface area contributed by atoms with Gasteiger partial charge in [0.15, 0.2) is 0 Å². The Morgan fingerprint density at radius 2 is 1.81 bits per heavy atom. The van der Waals surface area contributed by atoms with E-state index in [9.17, 15) is 9.59 Å². The van der Waals surface area contributed by atoms with Crippen LogP contribution in [0, 0.1) is 5.92 Å². The van der Waals surface area contributed by atoms with E-state index in [2.05, 4.69) is 4.98 Å². The fourth-order valence-corrected chi connectivity index (χ4v) is 4.14. The third-order valence-electron chi connectivity index (χ3n) is 5.59. The average Bonchev–Trinajstić information content (AvgIpc) is 2.74. The Bertz CT molecular complexity index is 904. The fraction of sp³-hybridized carbons (Fsp3) is 0.480. The second-order valence-electron chi connectivity index (χ2n) is 9.29. The standard InChI is InChI=1S/C25H32ClN3O3/c1-18(30)29(17-19-12-15-28(16-13-19)24(31)32-25(2,3)4)23(22-7-5-6-14-27-22)20-8-10-21(26)11-9-20/h5-11,14,19,23H,12-13,15-17H2,1-4H3. The molecule has 2 amide bonds. The summed E-state index contributed by atoms with van der Waals surface area (Å²) in [6.45, 7) is 9.06. The first-order valence-corrected chi connectivity index (χ1v) is 11.4. The van der Waals surface area contributed by atoms with Gasteiger partial charge in [0.05, 0.1) is 11.7 Å². The van der Waals surface area contributed by atoms with Gasteiger partial charge in [-0.05, 0) is 69.4 Å². The van der Waals surface area contributed by atoms with Crippen LogP contribution >= 0.6 is 11.6 Å². The molecule has 6 nitrogen and oxygen atoms in total. The molecule has 1 aliphatic rings. The molecule has 3 rings (SSSR count). The molecular formula is C25H32ClN3O3. The van der Waals surface area contributed by atoms with Crippen LogP contribution in [0.5, 0.6) is 0 Å². The molecule has 1 aromatic carbocycles. The molecule has 0 aliphatic carbocycles. The molecular weight excluding hydrogens is 426 g/mol. The van der Waals surface area contributed by atoms with Crippen LogP contribution in [0.3, 0.4) is 0 Å². The highest BCUT2D eigenvalue weighted by molar-refractivity contribution is 6.30. The zero-order chi connectivity index (χ0) is 23.3. The van der Waals surface area contributed by atoms with Gasteiger partial charge in [-0.1, -0.05) is 29.8 Å². The van der Waals surface area contributed by atoms with Crippen molar-refractivity contribution < 1.29 is 14.3 Å². The number of carbonyl (C=O) groups is 2. The summed E-state index contributed by atoms with van der Waals surface area (Å²) in [5.74, 6) is 0.279. The van der Waals surface area contributed by atoms with Crippen molar-refractivity contribution in [2.75, 3.05) is 19.6 Å². The topological polar surface area (TPSA) is 62.7 Å². The Morgan fingerprint density at radius 1 is 1.16 bits per heavy atom. The third kappa shape index (κ3) is 6.45. The van der Waals surface area contributed by atoms with Crippen molar-refractivity contribution in [3.05, 3.63) is 64.9 Å². The summed E-state index contributed by atoms with van der Waals surface area (Å²) in [5.41, 5.74) is 1.28. The van der Waals surface area contributed by atoms with Crippen LogP contribution in [0.15, 0.2) is 48.7 Å². The lowest BCUT2D eigenvalue weighted by Crippen LogP contribution is -2.45. The Hall–Kier alpha value is -2.60. The van der Waals surface area contributed by atoms with Gasteiger partial charge >= 0.3 is 6.09 Å². The SMILES string of the molecule is CC(=O)N(CC1CCN(C(=O)OC(C)(C)C)CC1)C(c1ccc(Cl)cc1)c1ccccn1. The Kier molecular flexibility index (Phi) is 7.77. The molecule has 1 saturated heterocycles. The molecule has 1 fully saturated rings. The first kappa shape index (κ1) is 24.1. The van der Waals surface area contributed by atoms with E-state index in [-0.39, 0.29) is 24.0 Å². The zero-order valence-electron chi connectivity index (χ0n) is 19.3. The molecule has 1 aliphatic heterocycles. The summed E-state index contributed by atoms with van der Waals surface area (Å²) in [4.78, 5) is 33.4. The van der Waals surface area contributed by atoms with Gasteiger partial charge < -0.3 is 14.5 Å². The van der Waals surface area contributed by atoms with Crippen molar-refractivity contribution in [3.63, 3.8) is 0 Å².